The first kappa shape index (κ1) is 9.01. The number of nitrogens with one attached hydrogen (secondary N) is 2. The molecule has 2 nitrogen and oxygen atoms in total. The van der Waals surface area contributed by atoms with Crippen molar-refractivity contribution in [3.63, 3.8) is 0 Å². The molecule has 0 aromatic heterocycles. The molecular weight excluding hydrogens is 136 g/mol. The largest absolute Gasteiger partial charge is 0.315 e. The molecule has 1 unspecified atom stereocenters. The molecule has 1 atom stereocenters. The molecule has 0 aromatic carbocycles. The van der Waals surface area contributed by atoms with E-state index in [-0.39, 0.29) is 0 Å². The number of hydrogen-bond acceptors (Lipinski definition) is 2. The van der Waals surface area contributed by atoms with Crippen molar-refractivity contribution in [2.24, 2.45) is 5.92 Å². The van der Waals surface area contributed by atoms with Gasteiger partial charge in [0.25, 0.3) is 0 Å². The Morgan fingerprint density at radius 2 is 2.00 bits per heavy atom. The molecule has 2 heteroatoms. The van der Waals surface area contributed by atoms with Crippen LogP contribution in [0, 0.1) is 5.92 Å². The minimum Gasteiger partial charge on any atom is -0.315 e. The summed E-state index contributed by atoms with van der Waals surface area (Å²) in [6.45, 7) is 5.51. The van der Waals surface area contributed by atoms with Gasteiger partial charge in [-0.1, -0.05) is 13.8 Å². The molecule has 0 saturated heterocycles. The van der Waals surface area contributed by atoms with Crippen molar-refractivity contribution < 1.29 is 0 Å². The lowest BCUT2D eigenvalue weighted by molar-refractivity contribution is 0.441. The molecule has 0 bridgehead atoms. The van der Waals surface area contributed by atoms with Gasteiger partial charge < -0.3 is 10.6 Å². The van der Waals surface area contributed by atoms with Crippen LogP contribution in [-0.4, -0.2) is 25.7 Å². The average molecular weight is 156 g/mol. The molecule has 0 heterocycles. The van der Waals surface area contributed by atoms with Crippen LogP contribution in [0.2, 0.25) is 0 Å². The summed E-state index contributed by atoms with van der Waals surface area (Å²) in [5.41, 5.74) is 0. The summed E-state index contributed by atoms with van der Waals surface area (Å²) < 4.78 is 0. The third-order valence-electron chi connectivity index (χ3n) is 2.31. The summed E-state index contributed by atoms with van der Waals surface area (Å²) in [6.07, 6.45) is 2.84. The summed E-state index contributed by atoms with van der Waals surface area (Å²) in [5.74, 6) is 0.950. The van der Waals surface area contributed by atoms with E-state index in [1.807, 2.05) is 0 Å². The minimum absolute atomic E-state index is 0.615. The van der Waals surface area contributed by atoms with Crippen LogP contribution in [0.15, 0.2) is 0 Å². The van der Waals surface area contributed by atoms with E-state index in [1.54, 1.807) is 0 Å². The molecule has 2 N–H and O–H groups in total. The van der Waals surface area contributed by atoms with Crippen molar-refractivity contribution in [2.45, 2.75) is 38.8 Å². The monoisotopic (exact) mass is 156 g/mol. The van der Waals surface area contributed by atoms with Gasteiger partial charge in [0.05, 0.1) is 0 Å². The molecule has 0 radical (unpaired) electrons. The molecule has 0 spiro atoms. The number of rotatable bonds is 5. The van der Waals surface area contributed by atoms with E-state index in [1.165, 1.54) is 12.8 Å². The summed E-state index contributed by atoms with van der Waals surface area (Å²) >= 11 is 0. The van der Waals surface area contributed by atoms with Crippen LogP contribution >= 0.6 is 0 Å². The van der Waals surface area contributed by atoms with Crippen molar-refractivity contribution in [3.05, 3.63) is 0 Å². The topological polar surface area (TPSA) is 24.1 Å². The van der Waals surface area contributed by atoms with Crippen LogP contribution in [0.4, 0.5) is 0 Å². The van der Waals surface area contributed by atoms with Gasteiger partial charge in [-0.15, -0.1) is 0 Å². The molecule has 1 saturated carbocycles. The van der Waals surface area contributed by atoms with Gasteiger partial charge in [-0.3, -0.25) is 0 Å². The van der Waals surface area contributed by atoms with Gasteiger partial charge in [-0.25, -0.2) is 0 Å². The summed E-state index contributed by atoms with van der Waals surface area (Å²) in [4.78, 5) is 0. The molecule has 1 aliphatic carbocycles. The lowest BCUT2D eigenvalue weighted by Gasteiger charge is -2.17. The Labute approximate surface area is 69.8 Å². The second-order valence-corrected chi connectivity index (χ2v) is 3.80. The Bertz CT molecular complexity index is 108. The van der Waals surface area contributed by atoms with Crippen LogP contribution in [0.25, 0.3) is 0 Å². The van der Waals surface area contributed by atoms with E-state index in [9.17, 15) is 0 Å². The van der Waals surface area contributed by atoms with Crippen LogP contribution < -0.4 is 10.6 Å². The molecule has 0 amide bonds. The maximum Gasteiger partial charge on any atom is 0.0217 e. The predicted molar refractivity (Wildman–Crippen MR) is 48.7 cm³/mol. The third kappa shape index (κ3) is 3.21. The predicted octanol–water partition coefficient (Wildman–Crippen LogP) is 0.982. The highest BCUT2D eigenvalue weighted by Crippen LogP contribution is 2.32. The second-order valence-electron chi connectivity index (χ2n) is 3.80. The molecule has 0 aromatic rings. The first-order valence-corrected chi connectivity index (χ1v) is 4.64. The van der Waals surface area contributed by atoms with Gasteiger partial charge in [-0.05, 0) is 25.8 Å². The van der Waals surface area contributed by atoms with Crippen molar-refractivity contribution >= 4 is 0 Å². The maximum atomic E-state index is 3.46. The van der Waals surface area contributed by atoms with Crippen LogP contribution in [0.3, 0.4) is 0 Å². The highest BCUT2D eigenvalue weighted by molar-refractivity contribution is 4.87. The Morgan fingerprint density at radius 1 is 1.36 bits per heavy atom. The van der Waals surface area contributed by atoms with Crippen LogP contribution in [-0.2, 0) is 0 Å². The van der Waals surface area contributed by atoms with E-state index in [2.05, 4.69) is 31.5 Å². The van der Waals surface area contributed by atoms with Crippen molar-refractivity contribution in [3.8, 4) is 0 Å². The molecule has 0 aliphatic heterocycles. The van der Waals surface area contributed by atoms with Gasteiger partial charge in [0.1, 0.15) is 0 Å². The Kier molecular flexibility index (Phi) is 3.34. The fourth-order valence-electron chi connectivity index (χ4n) is 1.37. The Balaban J connectivity index is 2.10. The second kappa shape index (κ2) is 4.07. The van der Waals surface area contributed by atoms with Crippen molar-refractivity contribution in [1.29, 1.82) is 0 Å². The minimum atomic E-state index is 0.615. The smallest absolute Gasteiger partial charge is 0.0217 e. The maximum absolute atomic E-state index is 3.46. The first-order valence-electron chi connectivity index (χ1n) is 4.64. The fourth-order valence-corrected chi connectivity index (χ4v) is 1.37. The molecule has 1 aliphatic rings. The Hall–Kier alpha value is -0.0800. The summed E-state index contributed by atoms with van der Waals surface area (Å²) in [7, 11) is 2.06. The molecule has 1 rings (SSSR count). The van der Waals surface area contributed by atoms with E-state index in [0.29, 0.717) is 12.1 Å². The zero-order valence-electron chi connectivity index (χ0n) is 7.85. The van der Waals surface area contributed by atoms with Gasteiger partial charge in [-0.2, -0.15) is 0 Å². The molecule has 66 valence electrons. The van der Waals surface area contributed by atoms with Gasteiger partial charge in [0, 0.05) is 18.6 Å². The summed E-state index contributed by atoms with van der Waals surface area (Å²) in [6, 6.07) is 1.32. The lowest BCUT2D eigenvalue weighted by atomic mass is 10.2. The van der Waals surface area contributed by atoms with Crippen LogP contribution in [0.1, 0.15) is 26.7 Å². The lowest BCUT2D eigenvalue weighted by Crippen LogP contribution is -2.40. The number of hydrogen-bond donors (Lipinski definition) is 2. The van der Waals surface area contributed by atoms with Gasteiger partial charge in [0.2, 0.25) is 0 Å². The van der Waals surface area contributed by atoms with Crippen molar-refractivity contribution in [2.75, 3.05) is 13.6 Å². The van der Waals surface area contributed by atoms with Gasteiger partial charge >= 0.3 is 0 Å². The van der Waals surface area contributed by atoms with E-state index < -0.39 is 0 Å². The normalized spacial score (nSPS) is 20.7. The van der Waals surface area contributed by atoms with E-state index in [0.717, 1.165) is 12.5 Å². The SMILES string of the molecule is CNC(CNC(C)C)C1CC1. The first-order chi connectivity index (χ1) is 5.24. The molecular formula is C9H20N2. The zero-order chi connectivity index (χ0) is 8.27. The fraction of sp³-hybridized carbons (Fsp3) is 1.00. The quantitative estimate of drug-likeness (QED) is 0.620. The van der Waals surface area contributed by atoms with E-state index >= 15 is 0 Å². The average Bonchev–Trinajstić information content (AvgIpc) is 2.72. The third-order valence-corrected chi connectivity index (χ3v) is 2.31. The Morgan fingerprint density at radius 3 is 2.36 bits per heavy atom. The summed E-state index contributed by atoms with van der Waals surface area (Å²) in [5, 5.41) is 6.81. The highest BCUT2D eigenvalue weighted by Gasteiger charge is 2.29. The van der Waals surface area contributed by atoms with Crippen LogP contribution in [0.5, 0.6) is 0 Å². The van der Waals surface area contributed by atoms with Crippen molar-refractivity contribution in [1.82, 2.24) is 10.6 Å². The molecule has 11 heavy (non-hydrogen) atoms. The zero-order valence-corrected chi connectivity index (χ0v) is 7.85. The molecule has 1 fully saturated rings. The highest BCUT2D eigenvalue weighted by atomic mass is 15.0. The van der Waals surface area contributed by atoms with Gasteiger partial charge in [0.15, 0.2) is 0 Å². The van der Waals surface area contributed by atoms with E-state index in [4.69, 9.17) is 0 Å². The number of likely N-dealkylation sites (N-methyl/N-ethyl adjacent to an activating group) is 1. The standard InChI is InChI=1S/C9H20N2/c1-7(2)11-6-9(10-3)8-4-5-8/h7-11H,4-6H2,1-3H3.